The number of nitrogens with two attached hydrogens (primary N) is 1. The lowest BCUT2D eigenvalue weighted by atomic mass is 10.2. The van der Waals surface area contributed by atoms with Crippen LogP contribution in [0.25, 0.3) is 0 Å². The molecule has 0 unspecified atom stereocenters. The van der Waals surface area contributed by atoms with Gasteiger partial charge in [-0.25, -0.2) is 4.39 Å². The molecule has 4 N–H and O–H groups in total. The van der Waals surface area contributed by atoms with Gasteiger partial charge in [-0.2, -0.15) is 0 Å². The van der Waals surface area contributed by atoms with Crippen molar-refractivity contribution in [2.45, 2.75) is 6.54 Å². The fourth-order valence-corrected chi connectivity index (χ4v) is 2.73. The smallest absolute Gasteiger partial charge is 0.272 e. The standard InChI is InChI=1S/C13H17ClFN3O/c14-12-7-11(15)2-1-10(12)8-17-3-5-18(6-4-17)9-13(16)19/h1-2,7H,3-6,8-9H2,(H2,16,19)/p+2. The summed E-state index contributed by atoms with van der Waals surface area (Å²) in [5.74, 6) is -0.556. The highest BCUT2D eigenvalue weighted by Gasteiger charge is 2.24. The Morgan fingerprint density at radius 1 is 1.26 bits per heavy atom. The molecule has 4 nitrogen and oxygen atoms in total. The second-order valence-corrected chi connectivity index (χ2v) is 5.46. The molecular weight excluding hydrogens is 269 g/mol. The summed E-state index contributed by atoms with van der Waals surface area (Å²) in [5, 5.41) is 0.486. The molecule has 1 aliphatic heterocycles. The maximum Gasteiger partial charge on any atom is 0.272 e. The van der Waals surface area contributed by atoms with Gasteiger partial charge in [0, 0.05) is 5.56 Å². The normalized spacial score (nSPS) is 23.3. The van der Waals surface area contributed by atoms with Crippen molar-refractivity contribution in [2.24, 2.45) is 5.73 Å². The van der Waals surface area contributed by atoms with Crippen molar-refractivity contribution in [3.8, 4) is 0 Å². The van der Waals surface area contributed by atoms with Crippen LogP contribution in [0.2, 0.25) is 5.02 Å². The van der Waals surface area contributed by atoms with Gasteiger partial charge in [0.25, 0.3) is 5.91 Å². The van der Waals surface area contributed by atoms with Crippen molar-refractivity contribution < 1.29 is 19.0 Å². The zero-order valence-electron chi connectivity index (χ0n) is 10.7. The topological polar surface area (TPSA) is 52.0 Å². The number of quaternary nitrogens is 2. The number of nitrogens with one attached hydrogen (secondary N) is 2. The number of halogens is 2. The number of piperazine rings is 1. The Balaban J connectivity index is 1.87. The lowest BCUT2D eigenvalue weighted by Gasteiger charge is -2.29. The molecule has 0 saturated carbocycles. The molecule has 0 bridgehead atoms. The summed E-state index contributed by atoms with van der Waals surface area (Å²) in [4.78, 5) is 13.5. The molecule has 0 spiro atoms. The third-order valence-electron chi connectivity index (χ3n) is 3.54. The van der Waals surface area contributed by atoms with E-state index in [4.69, 9.17) is 17.3 Å². The van der Waals surface area contributed by atoms with Crippen LogP contribution in [0.3, 0.4) is 0 Å². The van der Waals surface area contributed by atoms with Crippen molar-refractivity contribution in [2.75, 3.05) is 32.7 Å². The maximum atomic E-state index is 13.0. The number of carbonyl (C=O) groups is 1. The van der Waals surface area contributed by atoms with Crippen LogP contribution in [-0.2, 0) is 11.3 Å². The largest absolute Gasteiger partial charge is 0.365 e. The second kappa shape index (κ2) is 6.32. The maximum absolute atomic E-state index is 13.0. The zero-order valence-corrected chi connectivity index (χ0v) is 11.5. The first-order valence-electron chi connectivity index (χ1n) is 6.44. The summed E-state index contributed by atoms with van der Waals surface area (Å²) >= 11 is 6.03. The van der Waals surface area contributed by atoms with Crippen molar-refractivity contribution in [1.82, 2.24) is 0 Å². The number of benzene rings is 1. The van der Waals surface area contributed by atoms with Crippen LogP contribution in [0.1, 0.15) is 5.56 Å². The van der Waals surface area contributed by atoms with Crippen LogP contribution in [0.15, 0.2) is 18.2 Å². The van der Waals surface area contributed by atoms with Crippen LogP contribution in [-0.4, -0.2) is 38.6 Å². The monoisotopic (exact) mass is 287 g/mol. The van der Waals surface area contributed by atoms with Gasteiger partial charge in [-0.15, -0.1) is 0 Å². The van der Waals surface area contributed by atoms with Crippen LogP contribution in [0, 0.1) is 5.82 Å². The summed E-state index contributed by atoms with van der Waals surface area (Å²) in [6.45, 7) is 4.99. The highest BCUT2D eigenvalue weighted by Crippen LogP contribution is 2.16. The minimum Gasteiger partial charge on any atom is -0.365 e. The Hall–Kier alpha value is -1.17. The number of primary amides is 1. The minimum atomic E-state index is -0.306. The van der Waals surface area contributed by atoms with E-state index >= 15 is 0 Å². The molecule has 0 atom stereocenters. The molecule has 2 rings (SSSR count). The van der Waals surface area contributed by atoms with Crippen LogP contribution in [0.5, 0.6) is 0 Å². The number of rotatable bonds is 4. The van der Waals surface area contributed by atoms with Crippen molar-refractivity contribution in [3.05, 3.63) is 34.6 Å². The van der Waals surface area contributed by atoms with E-state index in [1.807, 2.05) is 0 Å². The van der Waals surface area contributed by atoms with E-state index in [1.165, 1.54) is 21.9 Å². The van der Waals surface area contributed by atoms with E-state index in [0.29, 0.717) is 11.6 Å². The molecule has 19 heavy (non-hydrogen) atoms. The molecule has 6 heteroatoms. The highest BCUT2D eigenvalue weighted by atomic mass is 35.5. The molecule has 104 valence electrons. The molecule has 1 aromatic rings. The zero-order chi connectivity index (χ0) is 13.8. The summed E-state index contributed by atoms with van der Waals surface area (Å²) in [6, 6.07) is 4.54. The van der Waals surface area contributed by atoms with Crippen LogP contribution < -0.4 is 15.5 Å². The minimum absolute atomic E-state index is 0.250. The summed E-state index contributed by atoms with van der Waals surface area (Å²) in [7, 11) is 0. The number of carbonyl (C=O) groups excluding carboxylic acids is 1. The molecule has 0 radical (unpaired) electrons. The first-order valence-corrected chi connectivity index (χ1v) is 6.82. The average Bonchev–Trinajstić information content (AvgIpc) is 2.34. The van der Waals surface area contributed by atoms with Gasteiger partial charge in [-0.1, -0.05) is 11.6 Å². The van der Waals surface area contributed by atoms with Crippen LogP contribution in [0.4, 0.5) is 4.39 Å². The highest BCUT2D eigenvalue weighted by molar-refractivity contribution is 6.31. The van der Waals surface area contributed by atoms with Gasteiger partial charge in [-0.3, -0.25) is 4.79 Å². The Morgan fingerprint density at radius 2 is 1.89 bits per heavy atom. The Bertz CT molecular complexity index is 461. The molecule has 1 amide bonds. The average molecular weight is 288 g/mol. The quantitative estimate of drug-likeness (QED) is 0.604. The van der Waals surface area contributed by atoms with E-state index in [-0.39, 0.29) is 11.7 Å². The summed E-state index contributed by atoms with van der Waals surface area (Å²) in [6.07, 6.45) is 0. The predicted octanol–water partition coefficient (Wildman–Crippen LogP) is -1.75. The fourth-order valence-electron chi connectivity index (χ4n) is 2.49. The van der Waals surface area contributed by atoms with Crippen molar-refractivity contribution in [1.29, 1.82) is 0 Å². The van der Waals surface area contributed by atoms with E-state index in [9.17, 15) is 9.18 Å². The predicted molar refractivity (Wildman–Crippen MR) is 70.6 cm³/mol. The van der Waals surface area contributed by atoms with Crippen LogP contribution >= 0.6 is 11.6 Å². The molecule has 1 aliphatic rings. The van der Waals surface area contributed by atoms with E-state index < -0.39 is 0 Å². The van der Waals surface area contributed by atoms with Gasteiger partial charge in [0.15, 0.2) is 6.54 Å². The lowest BCUT2D eigenvalue weighted by molar-refractivity contribution is -1.02. The molecule has 0 aromatic heterocycles. The Kier molecular flexibility index (Phi) is 4.74. The molecule has 1 saturated heterocycles. The van der Waals surface area contributed by atoms with Gasteiger partial charge in [0.05, 0.1) is 5.02 Å². The SMILES string of the molecule is NC(=O)C[NH+]1CC[NH+](Cc2ccc(F)cc2Cl)CC1. The van der Waals surface area contributed by atoms with Gasteiger partial charge >= 0.3 is 0 Å². The van der Waals surface area contributed by atoms with Gasteiger partial charge in [0.1, 0.15) is 38.5 Å². The molecule has 1 heterocycles. The lowest BCUT2D eigenvalue weighted by Crippen LogP contribution is -3.28. The van der Waals surface area contributed by atoms with Gasteiger partial charge in [0.2, 0.25) is 0 Å². The number of amides is 1. The first kappa shape index (κ1) is 14.2. The Morgan fingerprint density at radius 3 is 2.47 bits per heavy atom. The van der Waals surface area contributed by atoms with Gasteiger partial charge < -0.3 is 15.5 Å². The number of hydrogen-bond donors (Lipinski definition) is 3. The second-order valence-electron chi connectivity index (χ2n) is 5.06. The van der Waals surface area contributed by atoms with E-state index in [1.54, 1.807) is 6.07 Å². The number of hydrogen-bond acceptors (Lipinski definition) is 1. The third-order valence-corrected chi connectivity index (χ3v) is 3.90. The summed E-state index contributed by atoms with van der Waals surface area (Å²) in [5.41, 5.74) is 6.16. The van der Waals surface area contributed by atoms with Crippen molar-refractivity contribution in [3.63, 3.8) is 0 Å². The van der Waals surface area contributed by atoms with E-state index in [0.717, 1.165) is 38.3 Å². The first-order chi connectivity index (χ1) is 9.04. The molecule has 1 aromatic carbocycles. The van der Waals surface area contributed by atoms with Crippen molar-refractivity contribution >= 4 is 17.5 Å². The third kappa shape index (κ3) is 4.16. The molecular formula is C13H19ClFN3O+2. The van der Waals surface area contributed by atoms with Gasteiger partial charge in [-0.05, 0) is 18.2 Å². The molecule has 0 aliphatic carbocycles. The molecule has 1 fully saturated rings. The summed E-state index contributed by atoms with van der Waals surface area (Å²) < 4.78 is 13.0. The fraction of sp³-hybridized carbons (Fsp3) is 0.462. The Labute approximate surface area is 116 Å². The van der Waals surface area contributed by atoms with E-state index in [2.05, 4.69) is 0 Å².